The molecule has 2 aromatic rings. The number of nitrogens with zero attached hydrogens (tertiary/aromatic N) is 3. The van der Waals surface area contributed by atoms with Crippen LogP contribution in [0.15, 0.2) is 24.4 Å². The summed E-state index contributed by atoms with van der Waals surface area (Å²) in [6.07, 6.45) is 1.52. The smallest absolute Gasteiger partial charge is 0.339 e. The number of pyridine rings is 1. The predicted octanol–water partition coefficient (Wildman–Crippen LogP) is 1.73. The van der Waals surface area contributed by atoms with Crippen LogP contribution in [-0.2, 0) is 11.3 Å². The molecule has 5 nitrogen and oxygen atoms in total. The van der Waals surface area contributed by atoms with Gasteiger partial charge in [-0.25, -0.2) is 4.79 Å². The zero-order valence-corrected chi connectivity index (χ0v) is 10.7. The van der Waals surface area contributed by atoms with Gasteiger partial charge in [0.25, 0.3) is 0 Å². The van der Waals surface area contributed by atoms with Gasteiger partial charge in [-0.05, 0) is 32.0 Å². The number of aryl methyl sites for hydroxylation is 2. The molecule has 0 fully saturated rings. The van der Waals surface area contributed by atoms with Crippen LogP contribution in [-0.4, -0.2) is 27.8 Å². The van der Waals surface area contributed by atoms with E-state index in [2.05, 4.69) is 14.8 Å². The van der Waals surface area contributed by atoms with Gasteiger partial charge >= 0.3 is 5.97 Å². The normalized spacial score (nSPS) is 10.4. The van der Waals surface area contributed by atoms with Gasteiger partial charge in [-0.3, -0.25) is 9.67 Å². The van der Waals surface area contributed by atoms with Crippen molar-refractivity contribution < 1.29 is 9.53 Å². The largest absolute Gasteiger partial charge is 0.465 e. The first-order valence-corrected chi connectivity index (χ1v) is 5.64. The average molecular weight is 245 g/mol. The highest BCUT2D eigenvalue weighted by molar-refractivity contribution is 5.88. The molecule has 0 N–H and O–H groups in total. The van der Waals surface area contributed by atoms with Crippen LogP contribution in [0.3, 0.4) is 0 Å². The maximum absolute atomic E-state index is 11.3. The van der Waals surface area contributed by atoms with E-state index in [-0.39, 0.29) is 5.97 Å². The third-order valence-corrected chi connectivity index (χ3v) is 2.66. The maximum atomic E-state index is 11.3. The second kappa shape index (κ2) is 5.00. The van der Waals surface area contributed by atoms with E-state index in [1.807, 2.05) is 30.7 Å². The first-order chi connectivity index (χ1) is 8.60. The Morgan fingerprint density at radius 1 is 1.39 bits per heavy atom. The van der Waals surface area contributed by atoms with Crippen molar-refractivity contribution in [3.8, 4) is 0 Å². The van der Waals surface area contributed by atoms with Crippen LogP contribution in [0.1, 0.15) is 27.4 Å². The molecule has 0 saturated heterocycles. The average Bonchev–Trinajstić information content (AvgIpc) is 2.68. The predicted molar refractivity (Wildman–Crippen MR) is 66.4 cm³/mol. The van der Waals surface area contributed by atoms with Gasteiger partial charge in [-0.1, -0.05) is 0 Å². The molecule has 5 heteroatoms. The summed E-state index contributed by atoms with van der Waals surface area (Å²) >= 11 is 0. The fraction of sp³-hybridized carbons (Fsp3) is 0.308. The Balaban J connectivity index is 2.16. The molecule has 0 aromatic carbocycles. The van der Waals surface area contributed by atoms with Gasteiger partial charge in [-0.15, -0.1) is 0 Å². The SMILES string of the molecule is COC(=O)c1ccc(Cn2nc(C)cc2C)nc1. The monoisotopic (exact) mass is 245 g/mol. The van der Waals surface area contributed by atoms with Gasteiger partial charge in [0.15, 0.2) is 0 Å². The highest BCUT2D eigenvalue weighted by Gasteiger charge is 2.07. The van der Waals surface area contributed by atoms with Crippen LogP contribution in [0.2, 0.25) is 0 Å². The number of methoxy groups -OCH3 is 1. The molecule has 0 unspecified atom stereocenters. The zero-order chi connectivity index (χ0) is 13.1. The lowest BCUT2D eigenvalue weighted by atomic mass is 10.2. The van der Waals surface area contributed by atoms with Crippen LogP contribution in [0.25, 0.3) is 0 Å². The standard InChI is InChI=1S/C13H15N3O2/c1-9-6-10(2)16(15-9)8-12-5-4-11(7-14-12)13(17)18-3/h4-7H,8H2,1-3H3. The number of hydrogen-bond acceptors (Lipinski definition) is 4. The number of carbonyl (C=O) groups is 1. The minimum Gasteiger partial charge on any atom is -0.465 e. The van der Waals surface area contributed by atoms with E-state index in [0.717, 1.165) is 17.1 Å². The first-order valence-electron chi connectivity index (χ1n) is 5.64. The second-order valence-electron chi connectivity index (χ2n) is 4.11. The highest BCUT2D eigenvalue weighted by Crippen LogP contribution is 2.07. The van der Waals surface area contributed by atoms with Crippen molar-refractivity contribution in [1.29, 1.82) is 0 Å². The molecule has 94 valence electrons. The summed E-state index contributed by atoms with van der Waals surface area (Å²) in [5.41, 5.74) is 3.38. The fourth-order valence-corrected chi connectivity index (χ4v) is 1.75. The third kappa shape index (κ3) is 2.56. The van der Waals surface area contributed by atoms with Crippen LogP contribution in [0, 0.1) is 13.8 Å². The Morgan fingerprint density at radius 2 is 2.17 bits per heavy atom. The lowest BCUT2D eigenvalue weighted by Gasteiger charge is -2.04. The summed E-state index contributed by atoms with van der Waals surface area (Å²) in [5.74, 6) is -0.375. The van der Waals surface area contributed by atoms with Crippen molar-refractivity contribution in [2.75, 3.05) is 7.11 Å². The van der Waals surface area contributed by atoms with Crippen LogP contribution < -0.4 is 0 Å². The summed E-state index contributed by atoms with van der Waals surface area (Å²) in [5, 5.41) is 4.36. The van der Waals surface area contributed by atoms with Gasteiger partial charge in [0, 0.05) is 11.9 Å². The molecule has 2 rings (SSSR count). The number of carbonyl (C=O) groups excluding carboxylic acids is 1. The fourth-order valence-electron chi connectivity index (χ4n) is 1.75. The van der Waals surface area contributed by atoms with Gasteiger partial charge in [0.1, 0.15) is 0 Å². The molecule has 0 aliphatic carbocycles. The van der Waals surface area contributed by atoms with E-state index >= 15 is 0 Å². The molecular formula is C13H15N3O2. The molecule has 0 spiro atoms. The number of aromatic nitrogens is 3. The van der Waals surface area contributed by atoms with E-state index in [0.29, 0.717) is 12.1 Å². The van der Waals surface area contributed by atoms with Gasteiger partial charge in [-0.2, -0.15) is 5.10 Å². The molecular weight excluding hydrogens is 230 g/mol. The van der Waals surface area contributed by atoms with Crippen LogP contribution in [0.4, 0.5) is 0 Å². The Morgan fingerprint density at radius 3 is 2.67 bits per heavy atom. The van der Waals surface area contributed by atoms with E-state index in [1.54, 1.807) is 6.07 Å². The van der Waals surface area contributed by atoms with Crippen molar-refractivity contribution in [2.45, 2.75) is 20.4 Å². The molecule has 0 atom stereocenters. The molecule has 0 bridgehead atoms. The zero-order valence-electron chi connectivity index (χ0n) is 10.7. The van der Waals surface area contributed by atoms with Crippen molar-refractivity contribution in [2.24, 2.45) is 0 Å². The Hall–Kier alpha value is -2.17. The first kappa shape index (κ1) is 12.3. The number of ether oxygens (including phenoxy) is 1. The van der Waals surface area contributed by atoms with E-state index in [4.69, 9.17) is 0 Å². The van der Waals surface area contributed by atoms with E-state index in [1.165, 1.54) is 13.3 Å². The molecule has 2 heterocycles. The Kier molecular flexibility index (Phi) is 3.41. The van der Waals surface area contributed by atoms with Crippen molar-refractivity contribution in [3.63, 3.8) is 0 Å². The van der Waals surface area contributed by atoms with Gasteiger partial charge < -0.3 is 4.74 Å². The van der Waals surface area contributed by atoms with E-state index in [9.17, 15) is 4.79 Å². The molecule has 0 aliphatic heterocycles. The van der Waals surface area contributed by atoms with Crippen molar-refractivity contribution in [3.05, 3.63) is 47.0 Å². The summed E-state index contributed by atoms with van der Waals surface area (Å²) in [4.78, 5) is 15.5. The minimum absolute atomic E-state index is 0.375. The number of esters is 1. The third-order valence-electron chi connectivity index (χ3n) is 2.66. The minimum atomic E-state index is -0.375. The quantitative estimate of drug-likeness (QED) is 0.773. The number of hydrogen-bond donors (Lipinski definition) is 0. The van der Waals surface area contributed by atoms with Crippen molar-refractivity contribution >= 4 is 5.97 Å². The summed E-state index contributed by atoms with van der Waals surface area (Å²) in [7, 11) is 1.35. The lowest BCUT2D eigenvalue weighted by molar-refractivity contribution is 0.0600. The summed E-state index contributed by atoms with van der Waals surface area (Å²) in [6, 6.07) is 5.53. The molecule has 0 saturated carbocycles. The topological polar surface area (TPSA) is 57.0 Å². The molecule has 0 amide bonds. The summed E-state index contributed by atoms with van der Waals surface area (Å²) in [6.45, 7) is 4.56. The van der Waals surface area contributed by atoms with E-state index < -0.39 is 0 Å². The molecule has 2 aromatic heterocycles. The van der Waals surface area contributed by atoms with Gasteiger partial charge in [0.05, 0.1) is 30.6 Å². The summed E-state index contributed by atoms with van der Waals surface area (Å²) < 4.78 is 6.50. The van der Waals surface area contributed by atoms with Gasteiger partial charge in [0.2, 0.25) is 0 Å². The second-order valence-corrected chi connectivity index (χ2v) is 4.11. The highest BCUT2D eigenvalue weighted by atomic mass is 16.5. The molecule has 0 radical (unpaired) electrons. The Bertz CT molecular complexity index is 558. The molecule has 0 aliphatic rings. The maximum Gasteiger partial charge on any atom is 0.339 e. The number of rotatable bonds is 3. The van der Waals surface area contributed by atoms with Crippen LogP contribution in [0.5, 0.6) is 0 Å². The van der Waals surface area contributed by atoms with Crippen LogP contribution >= 0.6 is 0 Å². The Labute approximate surface area is 105 Å². The molecule has 18 heavy (non-hydrogen) atoms. The lowest BCUT2D eigenvalue weighted by Crippen LogP contribution is -2.07. The van der Waals surface area contributed by atoms with Crippen molar-refractivity contribution in [1.82, 2.24) is 14.8 Å².